The Morgan fingerprint density at radius 2 is 1.84 bits per heavy atom. The van der Waals surface area contributed by atoms with Crippen LogP contribution >= 0.6 is 0 Å². The van der Waals surface area contributed by atoms with E-state index in [9.17, 15) is 14.4 Å². The molecule has 164 valence electrons. The van der Waals surface area contributed by atoms with Crippen LogP contribution in [0.3, 0.4) is 0 Å². The number of fused-ring (bicyclic) bond motifs is 3. The fourth-order valence-electron chi connectivity index (χ4n) is 4.30. The number of carbonyl (C=O) groups excluding carboxylic acids is 1. The predicted molar refractivity (Wildman–Crippen MR) is 118 cm³/mol. The largest absolute Gasteiger partial charge is 0.465 e. The maximum absolute atomic E-state index is 13.3. The number of benzene rings is 1. The van der Waals surface area contributed by atoms with Crippen LogP contribution in [-0.4, -0.2) is 37.8 Å². The molecule has 1 aliphatic heterocycles. The number of aromatic nitrogens is 4. The van der Waals surface area contributed by atoms with Gasteiger partial charge in [0.2, 0.25) is 5.95 Å². The summed E-state index contributed by atoms with van der Waals surface area (Å²) in [6.45, 7) is 8.99. The van der Waals surface area contributed by atoms with E-state index in [4.69, 9.17) is 9.72 Å². The number of aryl methyl sites for hydroxylation is 3. The van der Waals surface area contributed by atoms with Crippen molar-refractivity contribution in [3.8, 4) is 0 Å². The molecule has 0 saturated carbocycles. The summed E-state index contributed by atoms with van der Waals surface area (Å²) in [5.41, 5.74) is 2.79. The highest BCUT2D eigenvalue weighted by Crippen LogP contribution is 2.33. The molecule has 9 nitrogen and oxygen atoms in total. The monoisotopic (exact) mass is 425 g/mol. The maximum Gasteiger partial charge on any atom is 0.333 e. The quantitative estimate of drug-likeness (QED) is 0.593. The zero-order valence-electron chi connectivity index (χ0n) is 18.5. The maximum atomic E-state index is 13.3. The van der Waals surface area contributed by atoms with E-state index in [1.807, 2.05) is 18.4 Å². The number of nitrogens with zero attached hydrogens (tertiary/aromatic N) is 5. The predicted octanol–water partition coefficient (Wildman–Crippen LogP) is 1.86. The molecule has 0 spiro atoms. The zero-order chi connectivity index (χ0) is 22.4. The third kappa shape index (κ3) is 3.54. The van der Waals surface area contributed by atoms with Crippen molar-refractivity contribution in [3.05, 3.63) is 50.2 Å². The van der Waals surface area contributed by atoms with E-state index in [2.05, 4.69) is 30.0 Å². The lowest BCUT2D eigenvalue weighted by Crippen LogP contribution is -2.42. The first kappa shape index (κ1) is 20.9. The van der Waals surface area contributed by atoms with Crippen LogP contribution in [-0.2, 0) is 29.7 Å². The van der Waals surface area contributed by atoms with E-state index in [0.29, 0.717) is 23.7 Å². The van der Waals surface area contributed by atoms with Crippen LogP contribution in [0.25, 0.3) is 11.2 Å². The number of anilines is 2. The van der Waals surface area contributed by atoms with Crippen molar-refractivity contribution in [2.24, 2.45) is 13.0 Å². The van der Waals surface area contributed by atoms with Crippen LogP contribution in [0.1, 0.15) is 25.0 Å². The molecule has 1 atom stereocenters. The average molecular weight is 425 g/mol. The van der Waals surface area contributed by atoms with Crippen molar-refractivity contribution in [2.75, 3.05) is 18.1 Å². The highest BCUT2D eigenvalue weighted by molar-refractivity contribution is 5.78. The summed E-state index contributed by atoms with van der Waals surface area (Å²) < 4.78 is 9.06. The van der Waals surface area contributed by atoms with Gasteiger partial charge in [-0.15, -0.1) is 0 Å². The second-order valence-corrected chi connectivity index (χ2v) is 8.29. The third-order valence-electron chi connectivity index (χ3n) is 5.55. The van der Waals surface area contributed by atoms with Crippen LogP contribution in [0.4, 0.5) is 11.6 Å². The van der Waals surface area contributed by atoms with Crippen LogP contribution in [0.5, 0.6) is 0 Å². The van der Waals surface area contributed by atoms with Crippen LogP contribution in [0.2, 0.25) is 0 Å². The Hall–Kier alpha value is -3.36. The van der Waals surface area contributed by atoms with Crippen molar-refractivity contribution in [1.82, 2.24) is 18.7 Å². The molecular weight excluding hydrogens is 398 g/mol. The molecule has 1 aliphatic rings. The number of rotatable bonds is 4. The smallest absolute Gasteiger partial charge is 0.333 e. The van der Waals surface area contributed by atoms with Gasteiger partial charge in [0.1, 0.15) is 6.54 Å². The van der Waals surface area contributed by atoms with Gasteiger partial charge in [0.25, 0.3) is 5.56 Å². The van der Waals surface area contributed by atoms with E-state index in [1.165, 1.54) is 4.57 Å². The first-order valence-electron chi connectivity index (χ1n) is 10.4. The molecule has 3 aromatic rings. The first-order valence-corrected chi connectivity index (χ1v) is 10.4. The van der Waals surface area contributed by atoms with E-state index in [1.54, 1.807) is 14.0 Å². The summed E-state index contributed by atoms with van der Waals surface area (Å²) in [6, 6.07) is 6.29. The van der Waals surface area contributed by atoms with Crippen molar-refractivity contribution in [1.29, 1.82) is 0 Å². The molecule has 3 heterocycles. The van der Waals surface area contributed by atoms with E-state index in [-0.39, 0.29) is 12.5 Å². The summed E-state index contributed by atoms with van der Waals surface area (Å²) >= 11 is 0. The van der Waals surface area contributed by atoms with Gasteiger partial charge in [-0.3, -0.25) is 14.2 Å². The van der Waals surface area contributed by atoms with Gasteiger partial charge in [-0.1, -0.05) is 13.0 Å². The van der Waals surface area contributed by atoms with Gasteiger partial charge >= 0.3 is 11.7 Å². The van der Waals surface area contributed by atoms with Gasteiger partial charge < -0.3 is 14.2 Å². The Balaban J connectivity index is 1.95. The zero-order valence-corrected chi connectivity index (χ0v) is 18.5. The Morgan fingerprint density at radius 1 is 1.16 bits per heavy atom. The highest BCUT2D eigenvalue weighted by Gasteiger charge is 2.30. The topological polar surface area (TPSA) is 91.4 Å². The molecule has 1 aromatic carbocycles. The number of hydrogen-bond donors (Lipinski definition) is 0. The molecule has 2 aromatic heterocycles. The molecule has 31 heavy (non-hydrogen) atoms. The molecule has 0 fully saturated rings. The van der Waals surface area contributed by atoms with E-state index < -0.39 is 23.8 Å². The van der Waals surface area contributed by atoms with Crippen molar-refractivity contribution >= 4 is 28.8 Å². The lowest BCUT2D eigenvalue weighted by molar-refractivity contribution is -0.143. The van der Waals surface area contributed by atoms with Gasteiger partial charge in [0.15, 0.2) is 11.2 Å². The van der Waals surface area contributed by atoms with Crippen LogP contribution < -0.4 is 16.1 Å². The second kappa shape index (κ2) is 7.72. The summed E-state index contributed by atoms with van der Waals surface area (Å²) in [5.74, 6) is 0.254. The summed E-state index contributed by atoms with van der Waals surface area (Å²) in [5, 5.41) is 0. The molecule has 0 unspecified atom stereocenters. The fraction of sp³-hybridized carbons (Fsp3) is 0.455. The van der Waals surface area contributed by atoms with Crippen molar-refractivity contribution in [3.63, 3.8) is 0 Å². The van der Waals surface area contributed by atoms with Gasteiger partial charge in [0.05, 0.1) is 6.61 Å². The lowest BCUT2D eigenvalue weighted by Gasteiger charge is -2.33. The molecule has 0 aliphatic carbocycles. The lowest BCUT2D eigenvalue weighted by atomic mass is 10.1. The molecule has 0 saturated heterocycles. The van der Waals surface area contributed by atoms with Gasteiger partial charge in [0, 0.05) is 25.8 Å². The Bertz CT molecular complexity index is 1280. The summed E-state index contributed by atoms with van der Waals surface area (Å²) in [4.78, 5) is 44.9. The molecule has 0 N–H and O–H groups in total. The Kier molecular flexibility index (Phi) is 5.20. The molecule has 9 heteroatoms. The average Bonchev–Trinajstić information content (AvgIpc) is 3.08. The van der Waals surface area contributed by atoms with Crippen molar-refractivity contribution < 1.29 is 9.53 Å². The normalized spacial score (nSPS) is 15.9. The van der Waals surface area contributed by atoms with Gasteiger partial charge in [-0.2, -0.15) is 4.98 Å². The standard InChI is InChI=1S/C22H27N5O4/c1-6-31-17(28)12-27-20(29)18-19(24(5)22(27)30)23-21-25(10-15(4)11-26(18)21)16-8-13(2)7-14(3)9-16/h7-9,15H,6,10-12H2,1-5H3/t15-/m1/s1. The number of esters is 1. The number of ether oxygens (including phenoxy) is 1. The minimum Gasteiger partial charge on any atom is -0.465 e. The molecular formula is C22H27N5O4. The number of hydrogen-bond acceptors (Lipinski definition) is 6. The third-order valence-corrected chi connectivity index (χ3v) is 5.55. The second-order valence-electron chi connectivity index (χ2n) is 8.29. The van der Waals surface area contributed by atoms with Crippen LogP contribution in [0.15, 0.2) is 27.8 Å². The van der Waals surface area contributed by atoms with Gasteiger partial charge in [-0.25, -0.2) is 9.36 Å². The number of carbonyl (C=O) groups is 1. The summed E-state index contributed by atoms with van der Waals surface area (Å²) in [7, 11) is 1.56. The Morgan fingerprint density at radius 3 is 2.48 bits per heavy atom. The number of imidazole rings is 1. The highest BCUT2D eigenvalue weighted by atomic mass is 16.5. The van der Waals surface area contributed by atoms with Crippen molar-refractivity contribution in [2.45, 2.75) is 40.8 Å². The minimum absolute atomic E-state index is 0.181. The van der Waals surface area contributed by atoms with Crippen LogP contribution in [0, 0.1) is 19.8 Å². The molecule has 0 amide bonds. The molecule has 0 bridgehead atoms. The first-order chi connectivity index (χ1) is 14.7. The fourth-order valence-corrected chi connectivity index (χ4v) is 4.30. The van der Waals surface area contributed by atoms with E-state index >= 15 is 0 Å². The molecule has 0 radical (unpaired) electrons. The minimum atomic E-state index is -0.621. The van der Waals surface area contributed by atoms with Gasteiger partial charge in [-0.05, 0) is 49.9 Å². The Labute approximate surface area is 179 Å². The van der Waals surface area contributed by atoms with E-state index in [0.717, 1.165) is 27.9 Å². The summed E-state index contributed by atoms with van der Waals surface area (Å²) in [6.07, 6.45) is 0. The molecule has 4 rings (SSSR count). The SMILES string of the molecule is CCOC(=O)Cn1c(=O)c2c(nc3n2C[C@H](C)CN3c2cc(C)cc(C)c2)n(C)c1=O.